The molecule has 1 amide bonds. The van der Waals surface area contributed by atoms with Gasteiger partial charge in [-0.3, -0.25) is 4.79 Å². The summed E-state index contributed by atoms with van der Waals surface area (Å²) in [5.74, 6) is 0.410. The SMILES string of the molecule is CC(C)(C)OC(=O)NCC(=Cc1ccc(C(=O)C2CC2)cc1)B1OC(C)(C)C(C)(C)O1. The van der Waals surface area contributed by atoms with Crippen molar-refractivity contribution in [1.82, 2.24) is 5.32 Å². The summed E-state index contributed by atoms with van der Waals surface area (Å²) in [6, 6.07) is 7.54. The number of ketones is 1. The molecule has 1 saturated carbocycles. The number of carbonyl (C=O) groups excluding carboxylic acids is 2. The highest BCUT2D eigenvalue weighted by molar-refractivity contribution is 6.56. The van der Waals surface area contributed by atoms with E-state index in [1.54, 1.807) is 0 Å². The predicted octanol–water partition coefficient (Wildman–Crippen LogP) is 4.82. The van der Waals surface area contributed by atoms with Gasteiger partial charge in [-0.1, -0.05) is 30.3 Å². The standard InChI is InChI=1S/C24H34BNO5/c1-22(2,3)29-21(28)26-15-19(25-30-23(4,5)24(6,7)31-25)14-16-8-10-17(11-9-16)20(27)18-12-13-18/h8-11,14,18H,12-13,15H2,1-7H3,(H,26,28). The lowest BCUT2D eigenvalue weighted by atomic mass is 9.77. The van der Waals surface area contributed by atoms with Crippen molar-refractivity contribution in [2.24, 2.45) is 5.92 Å². The molecule has 168 valence electrons. The minimum Gasteiger partial charge on any atom is -0.444 e. The molecule has 3 rings (SSSR count). The Kier molecular flexibility index (Phi) is 6.41. The van der Waals surface area contributed by atoms with Gasteiger partial charge in [0.1, 0.15) is 5.60 Å². The minimum absolute atomic E-state index is 0.194. The number of amides is 1. The van der Waals surface area contributed by atoms with Crippen LogP contribution in [0.5, 0.6) is 0 Å². The number of benzene rings is 1. The van der Waals surface area contributed by atoms with Crippen LogP contribution in [0.2, 0.25) is 0 Å². The van der Waals surface area contributed by atoms with Gasteiger partial charge in [-0.05, 0) is 72.3 Å². The van der Waals surface area contributed by atoms with Gasteiger partial charge in [-0.25, -0.2) is 4.79 Å². The number of ether oxygens (including phenoxy) is 1. The molecule has 2 fully saturated rings. The lowest BCUT2D eigenvalue weighted by Gasteiger charge is -2.32. The number of Topliss-reactive ketones (excluding diaryl/α,β-unsaturated/α-hetero) is 1. The Morgan fingerprint density at radius 2 is 1.65 bits per heavy atom. The van der Waals surface area contributed by atoms with Crippen molar-refractivity contribution in [3.05, 3.63) is 40.9 Å². The smallest absolute Gasteiger partial charge is 0.444 e. The zero-order chi connectivity index (χ0) is 23.0. The minimum atomic E-state index is -0.604. The van der Waals surface area contributed by atoms with Gasteiger partial charge in [0.25, 0.3) is 0 Å². The van der Waals surface area contributed by atoms with Gasteiger partial charge in [0, 0.05) is 18.0 Å². The van der Waals surface area contributed by atoms with E-state index in [4.69, 9.17) is 14.0 Å². The van der Waals surface area contributed by atoms with E-state index in [1.165, 1.54) is 0 Å². The average Bonchev–Trinajstić information content (AvgIpc) is 3.44. The summed E-state index contributed by atoms with van der Waals surface area (Å²) in [7, 11) is -0.604. The van der Waals surface area contributed by atoms with E-state index in [2.05, 4.69) is 5.32 Å². The Bertz CT molecular complexity index is 847. The Hall–Kier alpha value is -2.12. The summed E-state index contributed by atoms with van der Waals surface area (Å²) in [5, 5.41) is 2.80. The molecule has 1 aliphatic carbocycles. The van der Waals surface area contributed by atoms with Gasteiger partial charge in [-0.15, -0.1) is 0 Å². The monoisotopic (exact) mass is 427 g/mol. The molecule has 31 heavy (non-hydrogen) atoms. The van der Waals surface area contributed by atoms with Gasteiger partial charge < -0.3 is 19.4 Å². The topological polar surface area (TPSA) is 73.9 Å². The van der Waals surface area contributed by atoms with Gasteiger partial charge in [0.05, 0.1) is 11.2 Å². The normalized spacial score (nSPS) is 20.5. The van der Waals surface area contributed by atoms with Crippen molar-refractivity contribution >= 4 is 25.1 Å². The second-order valence-electron chi connectivity index (χ2n) is 10.4. The van der Waals surface area contributed by atoms with Crippen molar-refractivity contribution < 1.29 is 23.6 Å². The first-order valence-electron chi connectivity index (χ1n) is 10.9. The highest BCUT2D eigenvalue weighted by atomic mass is 16.7. The van der Waals surface area contributed by atoms with Crippen LogP contribution in [0.3, 0.4) is 0 Å². The Labute approximate surface area is 185 Å². The van der Waals surface area contributed by atoms with E-state index >= 15 is 0 Å². The zero-order valence-corrected chi connectivity index (χ0v) is 19.7. The van der Waals surface area contributed by atoms with E-state index in [0.717, 1.165) is 29.4 Å². The first-order chi connectivity index (χ1) is 14.3. The number of hydrogen-bond acceptors (Lipinski definition) is 5. The van der Waals surface area contributed by atoms with Crippen LogP contribution in [0, 0.1) is 5.92 Å². The molecule has 1 aliphatic heterocycles. The molecule has 0 bridgehead atoms. The van der Waals surface area contributed by atoms with Crippen LogP contribution in [-0.2, 0) is 14.0 Å². The van der Waals surface area contributed by atoms with E-state index in [9.17, 15) is 9.59 Å². The van der Waals surface area contributed by atoms with Crippen LogP contribution in [-0.4, -0.2) is 42.3 Å². The van der Waals surface area contributed by atoms with Crippen LogP contribution in [0.15, 0.2) is 29.7 Å². The quantitative estimate of drug-likeness (QED) is 0.521. The predicted molar refractivity (Wildman–Crippen MR) is 122 cm³/mol. The van der Waals surface area contributed by atoms with E-state index in [-0.39, 0.29) is 18.2 Å². The van der Waals surface area contributed by atoms with Gasteiger partial charge >= 0.3 is 13.2 Å². The third kappa shape index (κ3) is 5.98. The van der Waals surface area contributed by atoms with Crippen molar-refractivity contribution in [2.45, 2.75) is 78.1 Å². The molecule has 0 atom stereocenters. The van der Waals surface area contributed by atoms with Crippen LogP contribution in [0.1, 0.15) is 77.2 Å². The second-order valence-corrected chi connectivity index (χ2v) is 10.4. The number of carbonyl (C=O) groups is 2. The van der Waals surface area contributed by atoms with Gasteiger partial charge in [0.15, 0.2) is 5.78 Å². The molecule has 1 heterocycles. The fraction of sp³-hybridized carbons (Fsp3) is 0.583. The number of rotatable bonds is 6. The molecular weight excluding hydrogens is 393 g/mol. The fourth-order valence-electron chi connectivity index (χ4n) is 3.22. The Morgan fingerprint density at radius 3 is 2.13 bits per heavy atom. The highest BCUT2D eigenvalue weighted by Crippen LogP contribution is 2.39. The molecule has 0 aromatic heterocycles. The molecule has 0 unspecified atom stereocenters. The Balaban J connectivity index is 1.79. The first-order valence-corrected chi connectivity index (χ1v) is 10.9. The number of nitrogens with one attached hydrogen (secondary N) is 1. The maximum Gasteiger partial charge on any atom is 0.492 e. The molecule has 6 nitrogen and oxygen atoms in total. The molecular formula is C24H34BNO5. The lowest BCUT2D eigenvalue weighted by molar-refractivity contribution is 0.00578. The first kappa shape index (κ1) is 23.5. The summed E-state index contributed by atoms with van der Waals surface area (Å²) < 4.78 is 17.7. The summed E-state index contributed by atoms with van der Waals surface area (Å²) in [6.07, 6.45) is 3.41. The molecule has 1 aromatic rings. The van der Waals surface area contributed by atoms with Gasteiger partial charge in [0.2, 0.25) is 0 Å². The largest absolute Gasteiger partial charge is 0.492 e. The molecule has 1 saturated heterocycles. The third-order valence-electron chi connectivity index (χ3n) is 5.89. The molecule has 1 aromatic carbocycles. The van der Waals surface area contributed by atoms with Crippen LogP contribution in [0.4, 0.5) is 4.79 Å². The highest BCUT2D eigenvalue weighted by Gasteiger charge is 2.52. The van der Waals surface area contributed by atoms with E-state index in [1.807, 2.05) is 78.8 Å². The van der Waals surface area contributed by atoms with Gasteiger partial charge in [-0.2, -0.15) is 0 Å². The fourth-order valence-corrected chi connectivity index (χ4v) is 3.22. The zero-order valence-electron chi connectivity index (χ0n) is 19.7. The van der Waals surface area contributed by atoms with Crippen molar-refractivity contribution in [2.75, 3.05) is 6.54 Å². The summed E-state index contributed by atoms with van der Waals surface area (Å²) in [6.45, 7) is 13.6. The molecule has 2 aliphatic rings. The van der Waals surface area contributed by atoms with Crippen molar-refractivity contribution in [3.8, 4) is 0 Å². The lowest BCUT2D eigenvalue weighted by Crippen LogP contribution is -2.41. The maximum atomic E-state index is 12.3. The van der Waals surface area contributed by atoms with Crippen LogP contribution >= 0.6 is 0 Å². The summed E-state index contributed by atoms with van der Waals surface area (Å²) >= 11 is 0. The molecule has 7 heteroatoms. The maximum absolute atomic E-state index is 12.3. The molecule has 0 spiro atoms. The summed E-state index contributed by atoms with van der Waals surface area (Å²) in [5.41, 5.74) is 0.840. The molecule has 1 N–H and O–H groups in total. The Morgan fingerprint density at radius 1 is 1.10 bits per heavy atom. The average molecular weight is 427 g/mol. The second kappa shape index (κ2) is 8.43. The van der Waals surface area contributed by atoms with Crippen LogP contribution in [0.25, 0.3) is 6.08 Å². The third-order valence-corrected chi connectivity index (χ3v) is 5.89. The van der Waals surface area contributed by atoms with E-state index in [0.29, 0.717) is 0 Å². The number of alkyl carbamates (subject to hydrolysis) is 1. The van der Waals surface area contributed by atoms with E-state index < -0.39 is 30.0 Å². The van der Waals surface area contributed by atoms with Crippen molar-refractivity contribution in [1.29, 1.82) is 0 Å². The number of hydrogen-bond donors (Lipinski definition) is 1. The molecule has 0 radical (unpaired) electrons. The van der Waals surface area contributed by atoms with Crippen molar-refractivity contribution in [3.63, 3.8) is 0 Å². The summed E-state index contributed by atoms with van der Waals surface area (Å²) in [4.78, 5) is 24.5. The van der Waals surface area contributed by atoms with Crippen LogP contribution < -0.4 is 5.32 Å².